The largest absolute Gasteiger partial charge is 0.506 e. The second-order valence-corrected chi connectivity index (χ2v) is 7.76. The highest BCUT2D eigenvalue weighted by molar-refractivity contribution is 6.71. The van der Waals surface area contributed by atoms with E-state index < -0.39 is 5.97 Å². The summed E-state index contributed by atoms with van der Waals surface area (Å²) in [7, 11) is 0. The van der Waals surface area contributed by atoms with E-state index in [1.807, 2.05) is 32.0 Å². The highest BCUT2D eigenvalue weighted by Gasteiger charge is 2.31. The van der Waals surface area contributed by atoms with Gasteiger partial charge in [-0.25, -0.2) is 4.79 Å². The number of hydrogen-bond acceptors (Lipinski definition) is 6. The average Bonchev–Trinajstić information content (AvgIpc) is 3.08. The van der Waals surface area contributed by atoms with Gasteiger partial charge in [0.25, 0.3) is 0 Å². The van der Waals surface area contributed by atoms with Gasteiger partial charge in [0.15, 0.2) is 5.71 Å². The molecule has 1 aliphatic heterocycles. The van der Waals surface area contributed by atoms with Crippen molar-refractivity contribution in [1.82, 2.24) is 0 Å². The fourth-order valence-corrected chi connectivity index (χ4v) is 3.39. The quantitative estimate of drug-likeness (QED) is 0.396. The van der Waals surface area contributed by atoms with Crippen molar-refractivity contribution in [3.63, 3.8) is 0 Å². The van der Waals surface area contributed by atoms with Crippen molar-refractivity contribution < 1.29 is 19.8 Å². The van der Waals surface area contributed by atoms with Gasteiger partial charge in [0.1, 0.15) is 5.75 Å². The molecule has 0 aliphatic carbocycles. The third kappa shape index (κ3) is 4.31. The second-order valence-electron chi connectivity index (χ2n) is 7.76. The molecular formula is C25H22N4O4. The van der Waals surface area contributed by atoms with E-state index in [1.165, 1.54) is 23.2 Å². The number of nitrogens with zero attached hydrogens (tertiary/aromatic N) is 3. The maximum atomic E-state index is 12.9. The normalized spacial score (nSPS) is 14.5. The Labute approximate surface area is 190 Å². The van der Waals surface area contributed by atoms with Crippen LogP contribution >= 0.6 is 0 Å². The summed E-state index contributed by atoms with van der Waals surface area (Å²) in [5.41, 5.74) is 8.18. The van der Waals surface area contributed by atoms with Gasteiger partial charge in [0, 0.05) is 0 Å². The molecule has 3 aromatic rings. The molecule has 0 aromatic heterocycles. The van der Waals surface area contributed by atoms with Crippen molar-refractivity contribution >= 4 is 34.7 Å². The first kappa shape index (κ1) is 21.8. The third-order valence-electron chi connectivity index (χ3n) is 5.47. The molecule has 0 radical (unpaired) electrons. The minimum Gasteiger partial charge on any atom is -0.506 e. The summed E-state index contributed by atoms with van der Waals surface area (Å²) >= 11 is 0. The van der Waals surface area contributed by atoms with Crippen molar-refractivity contribution in [2.24, 2.45) is 10.2 Å². The van der Waals surface area contributed by atoms with E-state index in [2.05, 4.69) is 15.6 Å². The molecule has 8 heteroatoms. The van der Waals surface area contributed by atoms with Gasteiger partial charge in [-0.3, -0.25) is 10.2 Å². The fraction of sp³-hybridized carbons (Fsp3) is 0.120. The van der Waals surface area contributed by atoms with Crippen LogP contribution in [0.3, 0.4) is 0 Å². The van der Waals surface area contributed by atoms with Crippen molar-refractivity contribution in [3.8, 4) is 16.9 Å². The lowest BCUT2D eigenvalue weighted by molar-refractivity contribution is -0.112. The molecule has 1 aliphatic rings. The molecule has 33 heavy (non-hydrogen) atoms. The Kier molecular flexibility index (Phi) is 5.66. The van der Waals surface area contributed by atoms with Gasteiger partial charge in [0.2, 0.25) is 0 Å². The zero-order valence-corrected chi connectivity index (χ0v) is 18.3. The van der Waals surface area contributed by atoms with Crippen molar-refractivity contribution in [2.45, 2.75) is 20.8 Å². The number of aryl methyl sites for hydroxylation is 2. The van der Waals surface area contributed by atoms with E-state index in [0.29, 0.717) is 17.1 Å². The molecule has 4 rings (SSSR count). The summed E-state index contributed by atoms with van der Waals surface area (Å²) in [6.45, 7) is 5.66. The Morgan fingerprint density at radius 1 is 0.939 bits per heavy atom. The molecule has 3 N–H and O–H groups in total. The van der Waals surface area contributed by atoms with Crippen LogP contribution in [0, 0.1) is 13.8 Å². The van der Waals surface area contributed by atoms with Gasteiger partial charge in [0.05, 0.1) is 22.6 Å². The van der Waals surface area contributed by atoms with E-state index in [4.69, 9.17) is 5.11 Å². The van der Waals surface area contributed by atoms with E-state index in [1.54, 1.807) is 31.2 Å². The van der Waals surface area contributed by atoms with Crippen LogP contribution in [0.2, 0.25) is 0 Å². The lowest BCUT2D eigenvalue weighted by atomic mass is 10.0. The van der Waals surface area contributed by atoms with Crippen LogP contribution in [0.15, 0.2) is 70.9 Å². The summed E-state index contributed by atoms with van der Waals surface area (Å²) in [4.78, 5) is 24.0. The lowest BCUT2D eigenvalue weighted by Crippen LogP contribution is -2.28. The number of aromatic carboxylic acids is 1. The van der Waals surface area contributed by atoms with Gasteiger partial charge < -0.3 is 10.2 Å². The Bertz CT molecular complexity index is 1330. The molecule has 1 amide bonds. The van der Waals surface area contributed by atoms with Crippen LogP contribution in [0.4, 0.5) is 11.4 Å². The number of amides is 1. The van der Waals surface area contributed by atoms with E-state index >= 15 is 0 Å². The second kappa shape index (κ2) is 8.58. The van der Waals surface area contributed by atoms with Crippen LogP contribution in [0.25, 0.3) is 11.1 Å². The Hall–Kier alpha value is -4.46. The van der Waals surface area contributed by atoms with Crippen LogP contribution < -0.4 is 10.4 Å². The highest BCUT2D eigenvalue weighted by Crippen LogP contribution is 2.30. The monoisotopic (exact) mass is 442 g/mol. The summed E-state index contributed by atoms with van der Waals surface area (Å²) in [5, 5.41) is 29.2. The first-order valence-electron chi connectivity index (χ1n) is 10.2. The van der Waals surface area contributed by atoms with Crippen molar-refractivity contribution in [1.29, 1.82) is 0 Å². The number of carbonyl (C=O) groups excluding carboxylic acids is 1. The summed E-state index contributed by atoms with van der Waals surface area (Å²) < 4.78 is 0. The molecule has 1 heterocycles. The predicted octanol–water partition coefficient (Wildman–Crippen LogP) is 4.56. The standard InChI is InChI=1S/C25H22N4O4/c1-14-4-10-20(12-15(14)2)29-24(31)23(16(3)28-29)27-26-21-13-19(9-11-22(21)30)17-5-7-18(8-6-17)25(32)33/h4-13,26,30H,1-3H3,(H,32,33). The van der Waals surface area contributed by atoms with Crippen molar-refractivity contribution in [3.05, 3.63) is 77.4 Å². The minimum absolute atomic E-state index is 0.0451. The number of anilines is 2. The Balaban J connectivity index is 1.58. The molecule has 0 spiro atoms. The highest BCUT2D eigenvalue weighted by atomic mass is 16.4. The molecule has 0 fully saturated rings. The molecule has 0 atom stereocenters. The number of carboxylic acids is 1. The van der Waals surface area contributed by atoms with Crippen molar-refractivity contribution in [2.75, 3.05) is 10.4 Å². The molecule has 8 nitrogen and oxygen atoms in total. The summed E-state index contributed by atoms with van der Waals surface area (Å²) in [6.07, 6.45) is 0. The van der Waals surface area contributed by atoms with Gasteiger partial charge >= 0.3 is 11.9 Å². The first-order valence-corrected chi connectivity index (χ1v) is 10.2. The Morgan fingerprint density at radius 3 is 2.30 bits per heavy atom. The molecule has 166 valence electrons. The van der Waals surface area contributed by atoms with E-state index in [-0.39, 0.29) is 22.9 Å². The lowest BCUT2D eigenvalue weighted by Gasteiger charge is -2.13. The van der Waals surface area contributed by atoms with Gasteiger partial charge in [-0.2, -0.15) is 15.2 Å². The van der Waals surface area contributed by atoms with E-state index in [0.717, 1.165) is 22.3 Å². The third-order valence-corrected chi connectivity index (χ3v) is 5.47. The number of phenolic OH excluding ortho intramolecular Hbond substituents is 1. The predicted molar refractivity (Wildman–Crippen MR) is 128 cm³/mol. The maximum Gasteiger partial charge on any atom is 0.335 e. The minimum atomic E-state index is -1.00. The summed E-state index contributed by atoms with van der Waals surface area (Å²) in [6, 6.07) is 16.9. The topological polar surface area (TPSA) is 115 Å². The fourth-order valence-electron chi connectivity index (χ4n) is 3.39. The maximum absolute atomic E-state index is 12.9. The van der Waals surface area contributed by atoms with Crippen LogP contribution in [0.1, 0.15) is 28.4 Å². The summed E-state index contributed by atoms with van der Waals surface area (Å²) in [5.74, 6) is -1.42. The average molecular weight is 442 g/mol. The van der Waals surface area contributed by atoms with Gasteiger partial charge in [-0.15, -0.1) is 0 Å². The SMILES string of the molecule is CC1=NN(c2ccc(C)c(C)c2)C(=O)C1=NNc1cc(-c2ccc(C(=O)O)cc2)ccc1O. The van der Waals surface area contributed by atoms with E-state index in [9.17, 15) is 14.7 Å². The number of hydrazone groups is 2. The molecule has 0 unspecified atom stereocenters. The smallest absolute Gasteiger partial charge is 0.335 e. The zero-order chi connectivity index (χ0) is 23.7. The number of carbonyl (C=O) groups is 2. The molecular weight excluding hydrogens is 420 g/mol. The molecule has 3 aromatic carbocycles. The van der Waals surface area contributed by atoms with Crippen LogP contribution in [0.5, 0.6) is 5.75 Å². The zero-order valence-electron chi connectivity index (χ0n) is 18.3. The molecule has 0 saturated heterocycles. The number of aromatic hydroxyl groups is 1. The first-order chi connectivity index (χ1) is 15.7. The van der Waals surface area contributed by atoms with Crippen LogP contribution in [-0.4, -0.2) is 33.5 Å². The number of phenols is 1. The number of nitrogens with one attached hydrogen (secondary N) is 1. The van der Waals surface area contributed by atoms with Gasteiger partial charge in [-0.05, 0) is 79.4 Å². The number of hydrogen-bond donors (Lipinski definition) is 3. The Morgan fingerprint density at radius 2 is 1.64 bits per heavy atom. The van der Waals surface area contributed by atoms with Crippen LogP contribution in [-0.2, 0) is 4.79 Å². The van der Waals surface area contributed by atoms with Gasteiger partial charge in [-0.1, -0.05) is 24.3 Å². The number of benzene rings is 3. The molecule has 0 bridgehead atoms. The number of carboxylic acid groups (broad SMARTS) is 1. The molecule has 0 saturated carbocycles. The number of rotatable bonds is 5.